The van der Waals surface area contributed by atoms with Crippen molar-refractivity contribution < 1.29 is 9.50 Å². The van der Waals surface area contributed by atoms with Crippen molar-refractivity contribution in [1.82, 2.24) is 20.2 Å². The molecule has 1 aliphatic rings. The van der Waals surface area contributed by atoms with E-state index in [-0.39, 0.29) is 21.5 Å². The molecule has 0 aromatic carbocycles. The van der Waals surface area contributed by atoms with Gasteiger partial charge in [-0.15, -0.1) is 0 Å². The number of piperidine rings is 1. The number of aromatic amines is 1. The summed E-state index contributed by atoms with van der Waals surface area (Å²) in [6.45, 7) is 3.57. The van der Waals surface area contributed by atoms with E-state index < -0.39 is 5.82 Å². The molecule has 4 N–H and O–H groups in total. The summed E-state index contributed by atoms with van der Waals surface area (Å²) >= 11 is 3.07. The van der Waals surface area contributed by atoms with Crippen LogP contribution in [0, 0.1) is 5.82 Å². The van der Waals surface area contributed by atoms with Gasteiger partial charge in [0.15, 0.2) is 11.5 Å². The summed E-state index contributed by atoms with van der Waals surface area (Å²) in [5, 5.41) is 17.9. The van der Waals surface area contributed by atoms with Crippen LogP contribution in [0.5, 0.6) is 5.75 Å². The molecular weight excluding hydrogens is 403 g/mol. The Morgan fingerprint density at radius 1 is 1.38 bits per heavy atom. The fraction of sp³-hybridized carbons (Fsp3) is 0.353. The molecule has 4 heterocycles. The van der Waals surface area contributed by atoms with Crippen molar-refractivity contribution in [2.75, 3.05) is 18.0 Å². The monoisotopic (exact) mass is 420 g/mol. The smallest absolute Gasteiger partial charge is 0.165 e. The largest absolute Gasteiger partial charge is 0.507 e. The third-order valence-electron chi connectivity index (χ3n) is 4.83. The number of nitrogens with zero attached hydrogens (tertiary/aromatic N) is 4. The minimum Gasteiger partial charge on any atom is -0.507 e. The van der Waals surface area contributed by atoms with Crippen molar-refractivity contribution >= 4 is 32.8 Å². The molecule has 0 amide bonds. The van der Waals surface area contributed by atoms with Crippen LogP contribution in [0.3, 0.4) is 0 Å². The van der Waals surface area contributed by atoms with E-state index in [4.69, 9.17) is 5.73 Å². The van der Waals surface area contributed by atoms with Crippen LogP contribution in [0.1, 0.15) is 19.8 Å². The molecule has 1 aliphatic heterocycles. The lowest BCUT2D eigenvalue weighted by Gasteiger charge is -2.37. The molecule has 0 atom stereocenters. The Bertz CT molecular complexity index is 979. The molecule has 7 nitrogen and oxygen atoms in total. The second-order valence-corrected chi connectivity index (χ2v) is 7.65. The van der Waals surface area contributed by atoms with E-state index in [9.17, 15) is 9.50 Å². The third kappa shape index (κ3) is 2.90. The van der Waals surface area contributed by atoms with Crippen molar-refractivity contribution in [3.8, 4) is 17.0 Å². The topological polar surface area (TPSA) is 104 Å². The Kier molecular flexibility index (Phi) is 4.07. The Labute approximate surface area is 157 Å². The highest BCUT2D eigenvalue weighted by atomic mass is 79.9. The molecule has 4 rings (SSSR count). The van der Waals surface area contributed by atoms with Gasteiger partial charge in [0.1, 0.15) is 21.9 Å². The Hall–Kier alpha value is -2.26. The molecular formula is C17H18BrFN6O. The van der Waals surface area contributed by atoms with E-state index in [0.29, 0.717) is 22.5 Å². The molecule has 0 saturated carbocycles. The highest BCUT2D eigenvalue weighted by Crippen LogP contribution is 2.37. The number of aromatic hydroxyl groups is 1. The molecule has 1 fully saturated rings. The maximum Gasteiger partial charge on any atom is 0.165 e. The van der Waals surface area contributed by atoms with E-state index in [0.717, 1.165) is 25.9 Å². The van der Waals surface area contributed by atoms with Gasteiger partial charge in [0.25, 0.3) is 0 Å². The SMILES string of the molecule is CC1(N)CCN(c2cc(O)c3c(-c4ccnc(Br)c4F)n[nH]c3n2)CC1. The van der Waals surface area contributed by atoms with Crippen LogP contribution in [0.25, 0.3) is 22.3 Å². The lowest BCUT2D eigenvalue weighted by atomic mass is 9.91. The number of rotatable bonds is 2. The first-order valence-electron chi connectivity index (χ1n) is 8.28. The summed E-state index contributed by atoms with van der Waals surface area (Å²) in [4.78, 5) is 10.5. The Balaban J connectivity index is 1.76. The molecule has 0 aliphatic carbocycles. The molecule has 9 heteroatoms. The quantitative estimate of drug-likeness (QED) is 0.550. The van der Waals surface area contributed by atoms with Gasteiger partial charge < -0.3 is 15.7 Å². The van der Waals surface area contributed by atoms with Crippen molar-refractivity contribution in [2.45, 2.75) is 25.3 Å². The summed E-state index contributed by atoms with van der Waals surface area (Å²) < 4.78 is 14.5. The molecule has 1 saturated heterocycles. The van der Waals surface area contributed by atoms with Crippen molar-refractivity contribution in [3.63, 3.8) is 0 Å². The molecule has 0 unspecified atom stereocenters. The zero-order valence-electron chi connectivity index (χ0n) is 14.1. The number of fused-ring (bicyclic) bond motifs is 1. The zero-order chi connectivity index (χ0) is 18.5. The van der Waals surface area contributed by atoms with E-state index in [2.05, 4.69) is 41.0 Å². The lowest BCUT2D eigenvalue weighted by Crippen LogP contribution is -2.48. The number of nitrogens with two attached hydrogens (primary N) is 1. The minimum absolute atomic E-state index is 0.00201. The molecule has 0 bridgehead atoms. The zero-order valence-corrected chi connectivity index (χ0v) is 15.7. The van der Waals surface area contributed by atoms with Crippen LogP contribution in [0.4, 0.5) is 10.2 Å². The molecule has 0 spiro atoms. The van der Waals surface area contributed by atoms with E-state index in [1.54, 1.807) is 6.07 Å². The van der Waals surface area contributed by atoms with Gasteiger partial charge in [0, 0.05) is 36.5 Å². The van der Waals surface area contributed by atoms with E-state index in [1.165, 1.54) is 12.3 Å². The fourth-order valence-corrected chi connectivity index (χ4v) is 3.53. The average Bonchev–Trinajstić information content (AvgIpc) is 3.01. The van der Waals surface area contributed by atoms with Crippen LogP contribution in [-0.2, 0) is 0 Å². The second kappa shape index (κ2) is 6.17. The number of H-pyrrole nitrogens is 1. The lowest BCUT2D eigenvalue weighted by molar-refractivity contribution is 0.363. The van der Waals surface area contributed by atoms with Gasteiger partial charge in [-0.25, -0.2) is 14.4 Å². The molecule has 0 radical (unpaired) electrons. The maximum absolute atomic E-state index is 14.4. The van der Waals surface area contributed by atoms with Gasteiger partial charge in [-0.05, 0) is 41.8 Å². The highest BCUT2D eigenvalue weighted by Gasteiger charge is 2.27. The Morgan fingerprint density at radius 2 is 2.12 bits per heavy atom. The molecule has 3 aromatic rings. The predicted molar refractivity (Wildman–Crippen MR) is 100 cm³/mol. The van der Waals surface area contributed by atoms with E-state index in [1.807, 2.05) is 6.92 Å². The van der Waals surface area contributed by atoms with E-state index >= 15 is 0 Å². The number of nitrogens with one attached hydrogen (secondary N) is 1. The van der Waals surface area contributed by atoms with Gasteiger partial charge in [-0.3, -0.25) is 5.10 Å². The standard InChI is InChI=1S/C17H18BrFN6O/c1-17(20)3-6-25(7-4-17)11-8-10(26)12-14(23-24-16(12)22-11)9-2-5-21-15(18)13(9)19/h2,5,8H,3-4,6-7,20H2,1H3,(H2,22,23,24,26). The average molecular weight is 421 g/mol. The van der Waals surface area contributed by atoms with Crippen LogP contribution >= 0.6 is 15.9 Å². The predicted octanol–water partition coefficient (Wildman–Crippen LogP) is 2.94. The van der Waals surface area contributed by atoms with Gasteiger partial charge in [-0.2, -0.15) is 5.10 Å². The van der Waals surface area contributed by atoms with Gasteiger partial charge >= 0.3 is 0 Å². The number of pyridine rings is 2. The molecule has 3 aromatic heterocycles. The first kappa shape index (κ1) is 17.2. The van der Waals surface area contributed by atoms with Crippen LogP contribution in [-0.4, -0.2) is 43.9 Å². The van der Waals surface area contributed by atoms with Crippen LogP contribution in [0.15, 0.2) is 22.9 Å². The third-order valence-corrected chi connectivity index (χ3v) is 5.38. The summed E-state index contributed by atoms with van der Waals surface area (Å²) in [6.07, 6.45) is 3.16. The summed E-state index contributed by atoms with van der Waals surface area (Å²) in [5.41, 5.74) is 6.94. The summed E-state index contributed by atoms with van der Waals surface area (Å²) in [7, 11) is 0. The van der Waals surface area contributed by atoms with Gasteiger partial charge in [0.2, 0.25) is 0 Å². The second-order valence-electron chi connectivity index (χ2n) is 6.90. The Morgan fingerprint density at radius 3 is 2.85 bits per heavy atom. The van der Waals surface area contributed by atoms with Crippen molar-refractivity contribution in [2.24, 2.45) is 5.73 Å². The molecule has 26 heavy (non-hydrogen) atoms. The number of halogens is 2. The summed E-state index contributed by atoms with van der Waals surface area (Å²) in [6, 6.07) is 3.10. The first-order chi connectivity index (χ1) is 12.4. The number of anilines is 1. The van der Waals surface area contributed by atoms with Crippen molar-refractivity contribution in [1.29, 1.82) is 0 Å². The van der Waals surface area contributed by atoms with Crippen LogP contribution in [0.2, 0.25) is 0 Å². The highest BCUT2D eigenvalue weighted by molar-refractivity contribution is 9.10. The number of hydrogen-bond donors (Lipinski definition) is 3. The van der Waals surface area contributed by atoms with Gasteiger partial charge in [0.05, 0.1) is 5.39 Å². The normalized spacial score (nSPS) is 17.0. The van der Waals surface area contributed by atoms with Crippen molar-refractivity contribution in [3.05, 3.63) is 28.7 Å². The fourth-order valence-electron chi connectivity index (χ4n) is 3.20. The molecule has 136 valence electrons. The van der Waals surface area contributed by atoms with Crippen LogP contribution < -0.4 is 10.6 Å². The number of hydrogen-bond acceptors (Lipinski definition) is 6. The van der Waals surface area contributed by atoms with Gasteiger partial charge in [-0.1, -0.05) is 0 Å². The number of aromatic nitrogens is 4. The first-order valence-corrected chi connectivity index (χ1v) is 9.07. The summed E-state index contributed by atoms with van der Waals surface area (Å²) in [5.74, 6) is 0.113. The maximum atomic E-state index is 14.4. The minimum atomic E-state index is -0.539.